The van der Waals surface area contributed by atoms with Gasteiger partial charge in [-0.15, -0.1) is 0 Å². The van der Waals surface area contributed by atoms with Gasteiger partial charge in [0.15, 0.2) is 0 Å². The molecule has 3 aromatic heterocycles. The van der Waals surface area contributed by atoms with E-state index in [1.54, 1.807) is 0 Å². The molecule has 5 rings (SSSR count). The van der Waals surface area contributed by atoms with Crippen LogP contribution in [-0.2, 0) is 0 Å². The van der Waals surface area contributed by atoms with Gasteiger partial charge in [0.25, 0.3) is 0 Å². The fourth-order valence-electron chi connectivity index (χ4n) is 4.40. The third kappa shape index (κ3) is 3.48. The van der Waals surface area contributed by atoms with Crippen LogP contribution in [0, 0.1) is 0 Å². The third-order valence-electron chi connectivity index (χ3n) is 6.20. The fraction of sp³-hybridized carbons (Fsp3) is 0.524. The van der Waals surface area contributed by atoms with Gasteiger partial charge in [0.2, 0.25) is 5.95 Å². The molecule has 2 N–H and O–H groups in total. The molecule has 2 atom stereocenters. The Kier molecular flexibility index (Phi) is 5.00. The lowest BCUT2D eigenvalue weighted by Crippen LogP contribution is -2.55. The number of hydrogen-bond donors (Lipinski definition) is 2. The van der Waals surface area contributed by atoms with Crippen molar-refractivity contribution in [2.24, 2.45) is 0 Å². The van der Waals surface area contributed by atoms with Gasteiger partial charge in [-0.25, -0.2) is 15.0 Å². The Labute approximate surface area is 176 Å². The molecule has 0 unspecified atom stereocenters. The van der Waals surface area contributed by atoms with Crippen molar-refractivity contribution in [1.29, 1.82) is 0 Å². The van der Waals surface area contributed by atoms with E-state index >= 15 is 0 Å². The van der Waals surface area contributed by atoms with Crippen LogP contribution in [0.4, 0.5) is 11.8 Å². The number of H-pyrrole nitrogens is 1. The number of aromatic nitrogens is 5. The van der Waals surface area contributed by atoms with Gasteiger partial charge >= 0.3 is 0 Å². The van der Waals surface area contributed by atoms with Gasteiger partial charge in [-0.3, -0.25) is 5.10 Å². The minimum Gasteiger partial charge on any atom is -0.354 e. The molecule has 0 saturated carbocycles. The van der Waals surface area contributed by atoms with E-state index in [0.717, 1.165) is 73.3 Å². The Morgan fingerprint density at radius 3 is 2.43 bits per heavy atom. The van der Waals surface area contributed by atoms with Crippen LogP contribution in [0.5, 0.6) is 0 Å². The summed E-state index contributed by atoms with van der Waals surface area (Å²) in [5.74, 6) is 1.78. The average Bonchev–Trinajstić information content (AvgIpc) is 3.18. The number of rotatable bonds is 3. The lowest BCUT2D eigenvalue weighted by Gasteiger charge is -2.39. The molecule has 30 heavy (non-hydrogen) atoms. The molecule has 3 aromatic rings. The highest BCUT2D eigenvalue weighted by atomic mass is 15.3. The number of pyridine rings is 1. The molecule has 2 fully saturated rings. The number of fused-ring (bicyclic) bond motifs is 1. The zero-order valence-electron chi connectivity index (χ0n) is 17.8. The number of nitrogens with zero attached hydrogens (tertiary/aromatic N) is 7. The Hall–Kier alpha value is -2.78. The first kappa shape index (κ1) is 19.2. The van der Waals surface area contributed by atoms with Gasteiger partial charge in [-0.2, -0.15) is 5.10 Å². The van der Waals surface area contributed by atoms with Crippen molar-refractivity contribution in [3.63, 3.8) is 0 Å². The molecule has 5 heterocycles. The molecule has 9 heteroatoms. The van der Waals surface area contributed by atoms with Crippen LogP contribution in [0.3, 0.4) is 0 Å². The Morgan fingerprint density at radius 1 is 0.967 bits per heavy atom. The second-order valence-corrected chi connectivity index (χ2v) is 8.46. The van der Waals surface area contributed by atoms with Crippen LogP contribution in [0.15, 0.2) is 24.5 Å². The van der Waals surface area contributed by atoms with Gasteiger partial charge in [-0.1, -0.05) is 0 Å². The van der Waals surface area contributed by atoms with Gasteiger partial charge < -0.3 is 20.0 Å². The maximum absolute atomic E-state index is 4.91. The predicted molar refractivity (Wildman–Crippen MR) is 119 cm³/mol. The van der Waals surface area contributed by atoms with Crippen molar-refractivity contribution in [1.82, 2.24) is 35.4 Å². The van der Waals surface area contributed by atoms with Gasteiger partial charge in [0.05, 0.1) is 6.20 Å². The van der Waals surface area contributed by atoms with Crippen molar-refractivity contribution in [2.75, 3.05) is 56.1 Å². The van der Waals surface area contributed by atoms with Crippen molar-refractivity contribution in [3.05, 3.63) is 24.5 Å². The molecule has 2 saturated heterocycles. The average molecular weight is 408 g/mol. The normalized spacial score (nSPS) is 23.3. The lowest BCUT2D eigenvalue weighted by atomic mass is 10.1. The summed E-state index contributed by atoms with van der Waals surface area (Å²) in [6.07, 6.45) is 3.74. The van der Waals surface area contributed by atoms with Crippen LogP contribution >= 0.6 is 0 Å². The van der Waals surface area contributed by atoms with Gasteiger partial charge in [0.1, 0.15) is 22.5 Å². The minimum absolute atomic E-state index is 0.339. The topological polar surface area (TPSA) is 89.1 Å². The summed E-state index contributed by atoms with van der Waals surface area (Å²) in [6.45, 7) is 10.4. The molecule has 9 nitrogen and oxygen atoms in total. The number of anilines is 2. The van der Waals surface area contributed by atoms with Crippen LogP contribution in [0.25, 0.3) is 22.3 Å². The second kappa shape index (κ2) is 7.81. The number of likely N-dealkylation sites (N-methyl/N-ethyl adjacent to an activating group) is 1. The van der Waals surface area contributed by atoms with Gasteiger partial charge in [-0.05, 0) is 33.0 Å². The standard InChI is InChI=1S/C21H29N9/c1-14-10-22-11-15(2)30(14)21-24-13-17-20(25-21)19(27-26-17)16-4-5-18(23-12-16)29-8-6-28(3)7-9-29/h4-5,12-15,22H,6-11H2,1-3H3,(H,26,27)/t14-,15+. The summed E-state index contributed by atoms with van der Waals surface area (Å²) < 4.78 is 0. The molecule has 0 bridgehead atoms. The van der Waals surface area contributed by atoms with E-state index in [9.17, 15) is 0 Å². The second-order valence-electron chi connectivity index (χ2n) is 8.46. The highest BCUT2D eigenvalue weighted by Gasteiger charge is 2.27. The smallest absolute Gasteiger partial charge is 0.226 e. The van der Waals surface area contributed by atoms with Crippen LogP contribution in [0.2, 0.25) is 0 Å². The summed E-state index contributed by atoms with van der Waals surface area (Å²) in [7, 11) is 2.16. The molecule has 2 aliphatic heterocycles. The van der Waals surface area contributed by atoms with E-state index < -0.39 is 0 Å². The molecule has 0 aromatic carbocycles. The zero-order valence-corrected chi connectivity index (χ0v) is 17.8. The zero-order chi connectivity index (χ0) is 20.7. The Bertz CT molecular complexity index is 997. The van der Waals surface area contributed by atoms with Crippen LogP contribution in [-0.4, -0.2) is 88.4 Å². The highest BCUT2D eigenvalue weighted by Crippen LogP contribution is 2.28. The molecule has 0 amide bonds. The van der Waals surface area contributed by atoms with Crippen molar-refractivity contribution in [2.45, 2.75) is 25.9 Å². The Balaban J connectivity index is 1.44. The van der Waals surface area contributed by atoms with Crippen molar-refractivity contribution in [3.8, 4) is 11.3 Å². The van der Waals surface area contributed by atoms with Crippen molar-refractivity contribution >= 4 is 22.8 Å². The number of hydrogen-bond acceptors (Lipinski definition) is 8. The largest absolute Gasteiger partial charge is 0.354 e. The van der Waals surface area contributed by atoms with E-state index in [0.29, 0.717) is 12.1 Å². The first-order chi connectivity index (χ1) is 14.6. The quantitative estimate of drug-likeness (QED) is 0.673. The molecular weight excluding hydrogens is 378 g/mol. The molecule has 0 radical (unpaired) electrons. The summed E-state index contributed by atoms with van der Waals surface area (Å²) in [6, 6.07) is 4.86. The number of aromatic amines is 1. The monoisotopic (exact) mass is 407 g/mol. The SMILES string of the molecule is C[C@@H]1CNC[C@H](C)N1c1ncc2[nH]nc(-c3ccc(N4CCN(C)CC4)nc3)c2n1. The summed E-state index contributed by atoms with van der Waals surface area (Å²) >= 11 is 0. The first-order valence-corrected chi connectivity index (χ1v) is 10.7. The van der Waals surface area contributed by atoms with Crippen molar-refractivity contribution < 1.29 is 0 Å². The summed E-state index contributed by atoms with van der Waals surface area (Å²) in [5.41, 5.74) is 3.46. The summed E-state index contributed by atoms with van der Waals surface area (Å²) in [5, 5.41) is 11.1. The highest BCUT2D eigenvalue weighted by molar-refractivity contribution is 5.89. The molecule has 158 valence electrons. The fourth-order valence-corrected chi connectivity index (χ4v) is 4.40. The maximum atomic E-state index is 4.91. The molecule has 0 spiro atoms. The van der Waals surface area contributed by atoms with E-state index in [-0.39, 0.29) is 0 Å². The summed E-state index contributed by atoms with van der Waals surface area (Å²) in [4.78, 5) is 21.2. The molecule has 2 aliphatic rings. The number of nitrogens with one attached hydrogen (secondary N) is 2. The van der Waals surface area contributed by atoms with Gasteiger partial charge in [0, 0.05) is 63.1 Å². The van der Waals surface area contributed by atoms with Crippen LogP contribution in [0.1, 0.15) is 13.8 Å². The lowest BCUT2D eigenvalue weighted by molar-refractivity contribution is 0.312. The first-order valence-electron chi connectivity index (χ1n) is 10.7. The Morgan fingerprint density at radius 2 is 1.73 bits per heavy atom. The van der Waals surface area contributed by atoms with Crippen LogP contribution < -0.4 is 15.1 Å². The maximum Gasteiger partial charge on any atom is 0.226 e. The predicted octanol–water partition coefficient (Wildman–Crippen LogP) is 1.35. The number of piperazine rings is 2. The molecule has 0 aliphatic carbocycles. The van der Waals surface area contributed by atoms with E-state index in [1.807, 2.05) is 12.4 Å². The van der Waals surface area contributed by atoms with E-state index in [2.05, 4.69) is 68.2 Å². The third-order valence-corrected chi connectivity index (χ3v) is 6.20. The molecular formula is C21H29N9. The minimum atomic E-state index is 0.339. The van der Waals surface area contributed by atoms with E-state index in [1.165, 1.54) is 0 Å². The van der Waals surface area contributed by atoms with E-state index in [4.69, 9.17) is 9.97 Å².